The van der Waals surface area contributed by atoms with Crippen LogP contribution in [0.2, 0.25) is 0 Å². The van der Waals surface area contributed by atoms with E-state index in [0.29, 0.717) is 13.2 Å². The van der Waals surface area contributed by atoms with E-state index in [0.717, 1.165) is 41.9 Å². The summed E-state index contributed by atoms with van der Waals surface area (Å²) in [5.74, 6) is 1.71. The molecule has 0 aliphatic heterocycles. The van der Waals surface area contributed by atoms with Gasteiger partial charge in [-0.15, -0.1) is 35.3 Å². The molecule has 0 atom stereocenters. The van der Waals surface area contributed by atoms with E-state index in [1.807, 2.05) is 19.1 Å². The first kappa shape index (κ1) is 21.7. The van der Waals surface area contributed by atoms with E-state index in [-0.39, 0.29) is 24.0 Å². The summed E-state index contributed by atoms with van der Waals surface area (Å²) in [5, 5.41) is 9.74. The number of hydrogen-bond acceptors (Lipinski definition) is 4. The van der Waals surface area contributed by atoms with E-state index in [4.69, 9.17) is 4.74 Å². The number of halogens is 1. The molecule has 1 heterocycles. The molecule has 0 amide bonds. The minimum absolute atomic E-state index is 0. The molecule has 1 aromatic carbocycles. The maximum absolute atomic E-state index is 5.71. The highest BCUT2D eigenvalue weighted by Crippen LogP contribution is 2.10. The van der Waals surface area contributed by atoms with Crippen LogP contribution in [0.25, 0.3) is 0 Å². The number of rotatable bonds is 8. The first-order chi connectivity index (χ1) is 11.7. The lowest BCUT2D eigenvalue weighted by molar-refractivity contribution is 0.322. The molecule has 0 radical (unpaired) electrons. The molecule has 1 aromatic heterocycles. The lowest BCUT2D eigenvalue weighted by Crippen LogP contribution is -2.39. The summed E-state index contributed by atoms with van der Waals surface area (Å²) in [4.78, 5) is 9.03. The van der Waals surface area contributed by atoms with Gasteiger partial charge in [-0.2, -0.15) is 0 Å². The number of hydrogen-bond donors (Lipinski definition) is 2. The fourth-order valence-electron chi connectivity index (χ4n) is 2.12. The predicted molar refractivity (Wildman–Crippen MR) is 117 cm³/mol. The molecule has 5 nitrogen and oxygen atoms in total. The Labute approximate surface area is 171 Å². The van der Waals surface area contributed by atoms with Crippen molar-refractivity contribution in [2.24, 2.45) is 4.99 Å². The van der Waals surface area contributed by atoms with Crippen LogP contribution in [0, 0.1) is 13.8 Å². The van der Waals surface area contributed by atoms with Crippen LogP contribution in [0.1, 0.15) is 23.2 Å². The maximum Gasteiger partial charge on any atom is 0.191 e. The molecular weight excluding hydrogens is 447 g/mol. The quantitative estimate of drug-likeness (QED) is 0.266. The van der Waals surface area contributed by atoms with Crippen LogP contribution in [0.4, 0.5) is 0 Å². The molecule has 0 saturated heterocycles. The molecule has 0 unspecified atom stereocenters. The van der Waals surface area contributed by atoms with Gasteiger partial charge in [0.1, 0.15) is 12.4 Å². The lowest BCUT2D eigenvalue weighted by atomic mass is 10.2. The van der Waals surface area contributed by atoms with Crippen molar-refractivity contribution in [2.45, 2.75) is 27.2 Å². The van der Waals surface area contributed by atoms with Crippen molar-refractivity contribution in [3.8, 4) is 5.75 Å². The summed E-state index contributed by atoms with van der Waals surface area (Å²) in [7, 11) is 0. The van der Waals surface area contributed by atoms with Crippen LogP contribution in [0.15, 0.2) is 34.6 Å². The minimum Gasteiger partial charge on any atom is -0.492 e. The van der Waals surface area contributed by atoms with Crippen LogP contribution in [0.5, 0.6) is 5.75 Å². The number of thiazole rings is 1. The Morgan fingerprint density at radius 1 is 1.20 bits per heavy atom. The zero-order valence-corrected chi connectivity index (χ0v) is 18.2. The highest BCUT2D eigenvalue weighted by molar-refractivity contribution is 14.0. The molecule has 7 heteroatoms. The molecule has 0 bridgehead atoms. The Bertz CT molecular complexity index is 643. The first-order valence-electron chi connectivity index (χ1n) is 8.30. The Balaban J connectivity index is 0.00000312. The zero-order chi connectivity index (χ0) is 17.2. The van der Waals surface area contributed by atoms with Gasteiger partial charge in [0.2, 0.25) is 0 Å². The summed E-state index contributed by atoms with van der Waals surface area (Å²) >= 11 is 1.68. The summed E-state index contributed by atoms with van der Waals surface area (Å²) in [5.41, 5.74) is 2.34. The summed E-state index contributed by atoms with van der Waals surface area (Å²) in [6.45, 7) is 9.00. The van der Waals surface area contributed by atoms with Crippen molar-refractivity contribution < 1.29 is 4.74 Å². The molecular formula is C18H27IN4OS. The zero-order valence-electron chi connectivity index (χ0n) is 15.0. The fourth-order valence-corrected chi connectivity index (χ4v) is 2.77. The van der Waals surface area contributed by atoms with Gasteiger partial charge in [0, 0.05) is 24.9 Å². The van der Waals surface area contributed by atoms with E-state index >= 15 is 0 Å². The Kier molecular flexibility index (Phi) is 10.5. The van der Waals surface area contributed by atoms with Gasteiger partial charge in [0.05, 0.1) is 17.2 Å². The molecule has 138 valence electrons. The monoisotopic (exact) mass is 474 g/mol. The SMILES string of the molecule is CCNC(=NCCc1csc(C)n1)NCCOc1ccc(C)cc1.I. The molecule has 0 aliphatic rings. The first-order valence-corrected chi connectivity index (χ1v) is 9.18. The van der Waals surface area contributed by atoms with Gasteiger partial charge in [-0.3, -0.25) is 4.99 Å². The Hall–Kier alpha value is -1.35. The molecule has 2 aromatic rings. The van der Waals surface area contributed by atoms with E-state index in [2.05, 4.69) is 52.0 Å². The predicted octanol–water partition coefficient (Wildman–Crippen LogP) is 3.55. The average molecular weight is 474 g/mol. The van der Waals surface area contributed by atoms with Gasteiger partial charge in [-0.1, -0.05) is 17.7 Å². The van der Waals surface area contributed by atoms with Crippen molar-refractivity contribution in [1.82, 2.24) is 15.6 Å². The molecule has 0 aliphatic carbocycles. The smallest absolute Gasteiger partial charge is 0.191 e. The number of aryl methyl sites for hydroxylation is 2. The van der Waals surface area contributed by atoms with E-state index in [1.54, 1.807) is 11.3 Å². The van der Waals surface area contributed by atoms with Crippen LogP contribution in [-0.4, -0.2) is 37.2 Å². The van der Waals surface area contributed by atoms with Gasteiger partial charge in [-0.05, 0) is 32.9 Å². The van der Waals surface area contributed by atoms with Crippen LogP contribution >= 0.6 is 35.3 Å². The van der Waals surface area contributed by atoms with Gasteiger partial charge in [-0.25, -0.2) is 4.98 Å². The third-order valence-corrected chi connectivity index (χ3v) is 4.16. The molecule has 0 saturated carbocycles. The number of nitrogens with one attached hydrogen (secondary N) is 2. The number of guanidine groups is 1. The van der Waals surface area contributed by atoms with Crippen molar-refractivity contribution in [3.05, 3.63) is 45.9 Å². The van der Waals surface area contributed by atoms with Gasteiger partial charge >= 0.3 is 0 Å². The van der Waals surface area contributed by atoms with Crippen molar-refractivity contribution >= 4 is 41.3 Å². The molecule has 25 heavy (non-hydrogen) atoms. The van der Waals surface area contributed by atoms with E-state index < -0.39 is 0 Å². The number of benzene rings is 1. The average Bonchev–Trinajstić information content (AvgIpc) is 2.98. The highest BCUT2D eigenvalue weighted by Gasteiger charge is 2.00. The molecule has 0 spiro atoms. The standard InChI is InChI=1S/C18H26N4OS.HI/c1-4-19-18(20-10-9-16-13-24-15(3)22-16)21-11-12-23-17-7-5-14(2)6-8-17;/h5-8,13H,4,9-12H2,1-3H3,(H2,19,20,21);1H. The second kappa shape index (κ2) is 12.1. The molecule has 2 rings (SSSR count). The summed E-state index contributed by atoms with van der Waals surface area (Å²) in [6, 6.07) is 8.08. The number of aromatic nitrogens is 1. The topological polar surface area (TPSA) is 58.5 Å². The maximum atomic E-state index is 5.71. The molecule has 2 N–H and O–H groups in total. The number of aliphatic imine (C=N–C) groups is 1. The van der Waals surface area contributed by atoms with Crippen molar-refractivity contribution in [1.29, 1.82) is 0 Å². The van der Waals surface area contributed by atoms with Crippen LogP contribution < -0.4 is 15.4 Å². The second-order valence-electron chi connectivity index (χ2n) is 5.46. The van der Waals surface area contributed by atoms with E-state index in [9.17, 15) is 0 Å². The van der Waals surface area contributed by atoms with E-state index in [1.165, 1.54) is 5.56 Å². The number of nitrogens with zero attached hydrogens (tertiary/aromatic N) is 2. The Morgan fingerprint density at radius 2 is 1.96 bits per heavy atom. The largest absolute Gasteiger partial charge is 0.492 e. The lowest BCUT2D eigenvalue weighted by Gasteiger charge is -2.12. The second-order valence-corrected chi connectivity index (χ2v) is 6.52. The third-order valence-electron chi connectivity index (χ3n) is 3.33. The number of ether oxygens (including phenoxy) is 1. The highest BCUT2D eigenvalue weighted by atomic mass is 127. The van der Waals surface area contributed by atoms with Crippen LogP contribution in [-0.2, 0) is 6.42 Å². The van der Waals surface area contributed by atoms with Crippen molar-refractivity contribution in [2.75, 3.05) is 26.2 Å². The van der Waals surface area contributed by atoms with Gasteiger partial charge < -0.3 is 15.4 Å². The summed E-state index contributed by atoms with van der Waals surface area (Å²) < 4.78 is 5.71. The normalized spacial score (nSPS) is 10.9. The van der Waals surface area contributed by atoms with Gasteiger partial charge in [0.15, 0.2) is 5.96 Å². The summed E-state index contributed by atoms with van der Waals surface area (Å²) in [6.07, 6.45) is 0.862. The molecule has 0 fully saturated rings. The van der Waals surface area contributed by atoms with Crippen molar-refractivity contribution in [3.63, 3.8) is 0 Å². The third kappa shape index (κ3) is 8.53. The minimum atomic E-state index is 0. The van der Waals surface area contributed by atoms with Gasteiger partial charge in [0.25, 0.3) is 0 Å². The fraction of sp³-hybridized carbons (Fsp3) is 0.444. The van der Waals surface area contributed by atoms with Crippen LogP contribution in [0.3, 0.4) is 0 Å². The Morgan fingerprint density at radius 3 is 2.60 bits per heavy atom.